The van der Waals surface area contributed by atoms with Crippen molar-refractivity contribution in [3.05, 3.63) is 40.9 Å². The van der Waals surface area contributed by atoms with Crippen LogP contribution in [0.4, 0.5) is 0 Å². The van der Waals surface area contributed by atoms with Crippen molar-refractivity contribution in [2.75, 3.05) is 0 Å². The summed E-state index contributed by atoms with van der Waals surface area (Å²) in [4.78, 5) is 3.67. The fourth-order valence-corrected chi connectivity index (χ4v) is 1.23. The molecule has 3 nitrogen and oxygen atoms in total. The highest BCUT2D eigenvalue weighted by atomic mass is 35.5. The summed E-state index contributed by atoms with van der Waals surface area (Å²) in [5.74, 6) is 0.718. The molecular weight excluding hydrogens is 225 g/mol. The molecular formula is C9H4Cl2NO2. The molecule has 0 spiro atoms. The summed E-state index contributed by atoms with van der Waals surface area (Å²) in [6.45, 7) is 0. The van der Waals surface area contributed by atoms with E-state index in [1.165, 1.54) is 6.26 Å². The second kappa shape index (κ2) is 3.90. The smallest absolute Gasteiger partial charge is 0.287 e. The van der Waals surface area contributed by atoms with Crippen LogP contribution in [0.3, 0.4) is 0 Å². The van der Waals surface area contributed by atoms with Gasteiger partial charge in [0.1, 0.15) is 10.8 Å². The molecule has 0 aliphatic rings. The third-order valence-corrected chi connectivity index (χ3v) is 2.30. The van der Waals surface area contributed by atoms with Gasteiger partial charge in [-0.05, 0) is 12.1 Å². The number of nitrogens with zero attached hydrogens (tertiary/aromatic N) is 1. The lowest BCUT2D eigenvalue weighted by Gasteiger charge is -2.04. The lowest BCUT2D eigenvalue weighted by atomic mass is 10.3. The van der Waals surface area contributed by atoms with Crippen LogP contribution in [0.25, 0.3) is 0 Å². The van der Waals surface area contributed by atoms with Crippen LogP contribution >= 0.6 is 23.2 Å². The van der Waals surface area contributed by atoms with E-state index in [2.05, 4.69) is 15.8 Å². The number of aromatic nitrogens is 1. The number of hydrogen-bond acceptors (Lipinski definition) is 3. The Kier molecular flexibility index (Phi) is 2.61. The Balaban J connectivity index is 2.29. The standard InChI is InChI=1S/C9H4Cl2NO2/c10-6-2-1-3-7(9(6)11)14-8-4-13-5-12-8/h1-4H. The average molecular weight is 229 g/mol. The van der Waals surface area contributed by atoms with Gasteiger partial charge in [0.05, 0.1) is 5.02 Å². The van der Waals surface area contributed by atoms with Gasteiger partial charge in [-0.15, -0.1) is 0 Å². The van der Waals surface area contributed by atoms with E-state index >= 15 is 0 Å². The van der Waals surface area contributed by atoms with E-state index in [0.29, 0.717) is 15.8 Å². The predicted octanol–water partition coefficient (Wildman–Crippen LogP) is 3.57. The average Bonchev–Trinajstić information content (AvgIpc) is 2.66. The SMILES string of the molecule is Clc1cccc(Oc2co[c]n2)c1Cl. The van der Waals surface area contributed by atoms with Gasteiger partial charge in [-0.1, -0.05) is 29.3 Å². The Labute approximate surface area is 90.2 Å². The third-order valence-electron chi connectivity index (χ3n) is 1.50. The number of hydrogen-bond donors (Lipinski definition) is 0. The maximum atomic E-state index is 5.88. The van der Waals surface area contributed by atoms with E-state index < -0.39 is 0 Å². The first-order valence-corrected chi connectivity index (χ1v) is 4.46. The Bertz CT molecular complexity index is 428. The molecule has 1 aromatic heterocycles. The first kappa shape index (κ1) is 9.37. The molecule has 0 atom stereocenters. The van der Waals surface area contributed by atoms with Gasteiger partial charge in [0, 0.05) is 0 Å². The quantitative estimate of drug-likeness (QED) is 0.789. The molecule has 14 heavy (non-hydrogen) atoms. The molecule has 0 saturated carbocycles. The van der Waals surface area contributed by atoms with Gasteiger partial charge < -0.3 is 9.15 Å². The Morgan fingerprint density at radius 2 is 2.21 bits per heavy atom. The van der Waals surface area contributed by atoms with Crippen LogP contribution in [0.1, 0.15) is 0 Å². The van der Waals surface area contributed by atoms with E-state index in [9.17, 15) is 0 Å². The minimum Gasteiger partial charge on any atom is -0.437 e. The van der Waals surface area contributed by atoms with Crippen LogP contribution < -0.4 is 4.74 Å². The zero-order chi connectivity index (χ0) is 9.97. The predicted molar refractivity (Wildman–Crippen MR) is 51.9 cm³/mol. The van der Waals surface area contributed by atoms with Gasteiger partial charge in [-0.25, -0.2) is 0 Å². The van der Waals surface area contributed by atoms with Crippen molar-refractivity contribution in [3.63, 3.8) is 0 Å². The van der Waals surface area contributed by atoms with E-state index in [0.717, 1.165) is 0 Å². The van der Waals surface area contributed by atoms with Crippen molar-refractivity contribution in [1.82, 2.24) is 4.98 Å². The fourth-order valence-electron chi connectivity index (χ4n) is 0.897. The van der Waals surface area contributed by atoms with Crippen LogP contribution in [0, 0.1) is 6.39 Å². The topological polar surface area (TPSA) is 35.3 Å². The first-order valence-electron chi connectivity index (χ1n) is 3.71. The van der Waals surface area contributed by atoms with E-state index in [1.807, 2.05) is 0 Å². The lowest BCUT2D eigenvalue weighted by Crippen LogP contribution is -1.85. The minimum atomic E-state index is 0.286. The Hall–Kier alpha value is -1.19. The molecule has 0 aliphatic heterocycles. The van der Waals surface area contributed by atoms with Crippen LogP contribution in [-0.4, -0.2) is 4.98 Å². The zero-order valence-corrected chi connectivity index (χ0v) is 8.34. The van der Waals surface area contributed by atoms with E-state index in [4.69, 9.17) is 27.9 Å². The monoisotopic (exact) mass is 228 g/mol. The second-order valence-corrected chi connectivity index (χ2v) is 3.22. The summed E-state index contributed by atoms with van der Waals surface area (Å²) < 4.78 is 9.90. The summed E-state index contributed by atoms with van der Waals surface area (Å²) in [6, 6.07) is 5.09. The number of halogens is 2. The maximum Gasteiger partial charge on any atom is 0.287 e. The van der Waals surface area contributed by atoms with Crippen molar-refractivity contribution in [2.24, 2.45) is 0 Å². The highest BCUT2D eigenvalue weighted by Crippen LogP contribution is 2.33. The van der Waals surface area contributed by atoms with E-state index in [1.54, 1.807) is 18.2 Å². The van der Waals surface area contributed by atoms with Gasteiger partial charge in [0.15, 0.2) is 6.26 Å². The van der Waals surface area contributed by atoms with Crippen molar-refractivity contribution >= 4 is 23.2 Å². The number of benzene rings is 1. The minimum absolute atomic E-state index is 0.286. The van der Waals surface area contributed by atoms with Crippen LogP contribution in [0.2, 0.25) is 10.0 Å². The molecule has 1 heterocycles. The summed E-state index contributed by atoms with van der Waals surface area (Å²) in [7, 11) is 0. The van der Waals surface area contributed by atoms with Gasteiger partial charge in [-0.2, -0.15) is 4.98 Å². The third kappa shape index (κ3) is 1.84. The molecule has 0 bridgehead atoms. The molecule has 0 amide bonds. The van der Waals surface area contributed by atoms with Crippen LogP contribution in [0.15, 0.2) is 28.9 Å². The molecule has 2 rings (SSSR count). The molecule has 1 radical (unpaired) electrons. The van der Waals surface area contributed by atoms with Crippen molar-refractivity contribution in [2.45, 2.75) is 0 Å². The molecule has 0 N–H and O–H groups in total. The second-order valence-electron chi connectivity index (χ2n) is 2.43. The van der Waals surface area contributed by atoms with Gasteiger partial charge in [0.25, 0.3) is 12.3 Å². The Morgan fingerprint density at radius 1 is 1.36 bits per heavy atom. The van der Waals surface area contributed by atoms with Crippen LogP contribution in [-0.2, 0) is 0 Å². The number of rotatable bonds is 2. The zero-order valence-electron chi connectivity index (χ0n) is 6.83. The van der Waals surface area contributed by atoms with E-state index in [-0.39, 0.29) is 5.88 Å². The molecule has 2 aromatic rings. The Morgan fingerprint density at radius 3 is 2.93 bits per heavy atom. The fraction of sp³-hybridized carbons (Fsp3) is 0. The number of oxazole rings is 1. The molecule has 5 heteroatoms. The molecule has 0 aliphatic carbocycles. The largest absolute Gasteiger partial charge is 0.437 e. The van der Waals surface area contributed by atoms with Gasteiger partial charge in [0.2, 0.25) is 0 Å². The number of ether oxygens (including phenoxy) is 1. The van der Waals surface area contributed by atoms with Crippen molar-refractivity contribution in [1.29, 1.82) is 0 Å². The van der Waals surface area contributed by atoms with Crippen molar-refractivity contribution < 1.29 is 9.15 Å². The molecule has 71 valence electrons. The highest BCUT2D eigenvalue weighted by molar-refractivity contribution is 6.42. The lowest BCUT2D eigenvalue weighted by molar-refractivity contribution is 0.457. The summed E-state index contributed by atoms with van der Waals surface area (Å²) >= 11 is 11.7. The first-order chi connectivity index (χ1) is 6.77. The highest BCUT2D eigenvalue weighted by Gasteiger charge is 2.07. The van der Waals surface area contributed by atoms with Gasteiger partial charge in [-0.3, -0.25) is 0 Å². The summed E-state index contributed by atoms with van der Waals surface area (Å²) in [5.41, 5.74) is 0. The van der Waals surface area contributed by atoms with Crippen LogP contribution in [0.5, 0.6) is 11.6 Å². The molecule has 0 unspecified atom stereocenters. The molecule has 1 aromatic carbocycles. The van der Waals surface area contributed by atoms with Crippen molar-refractivity contribution in [3.8, 4) is 11.6 Å². The summed E-state index contributed by atoms with van der Waals surface area (Å²) in [5, 5.41) is 0.772. The summed E-state index contributed by atoms with van der Waals surface area (Å²) in [6.07, 6.45) is 3.57. The molecule has 0 fully saturated rings. The molecule has 0 saturated heterocycles. The van der Waals surface area contributed by atoms with Gasteiger partial charge >= 0.3 is 0 Å². The normalized spacial score (nSPS) is 10.1. The maximum absolute atomic E-state index is 5.88.